The maximum Gasteiger partial charge on any atom is 0.217 e. The van der Waals surface area contributed by atoms with Crippen LogP contribution in [0, 0.1) is 5.92 Å². The smallest absolute Gasteiger partial charge is 0.217 e. The molecule has 1 atom stereocenters. The van der Waals surface area contributed by atoms with Crippen molar-refractivity contribution in [3.8, 4) is 5.88 Å². The molecule has 1 aromatic rings. The van der Waals surface area contributed by atoms with Crippen molar-refractivity contribution in [3.63, 3.8) is 0 Å². The molecule has 1 N–H and O–H groups in total. The van der Waals surface area contributed by atoms with E-state index in [4.69, 9.17) is 4.74 Å². The molecule has 2 heterocycles. The monoisotopic (exact) mass is 277 g/mol. The Morgan fingerprint density at radius 3 is 3.00 bits per heavy atom. The number of pyridine rings is 1. The van der Waals surface area contributed by atoms with Crippen molar-refractivity contribution in [3.05, 3.63) is 23.9 Å². The average molecular weight is 277 g/mol. The number of nitrogens with zero attached hydrogens (tertiary/aromatic N) is 2. The predicted octanol–water partition coefficient (Wildman–Crippen LogP) is 2.30. The van der Waals surface area contributed by atoms with Gasteiger partial charge < -0.3 is 10.1 Å². The van der Waals surface area contributed by atoms with Crippen LogP contribution in [0.2, 0.25) is 0 Å². The Bertz CT molecular complexity index is 402. The van der Waals surface area contributed by atoms with Gasteiger partial charge in [-0.2, -0.15) is 0 Å². The summed E-state index contributed by atoms with van der Waals surface area (Å²) in [5.74, 6) is 1.51. The van der Waals surface area contributed by atoms with E-state index >= 15 is 0 Å². The highest BCUT2D eigenvalue weighted by Gasteiger charge is 2.20. The molecule has 1 aromatic heterocycles. The molecule has 1 aliphatic rings. The van der Waals surface area contributed by atoms with Crippen LogP contribution in [0.3, 0.4) is 0 Å². The van der Waals surface area contributed by atoms with Crippen molar-refractivity contribution < 1.29 is 4.74 Å². The first kappa shape index (κ1) is 15.3. The van der Waals surface area contributed by atoms with Crippen LogP contribution in [-0.2, 0) is 6.54 Å². The molecule has 1 unspecified atom stereocenters. The molecule has 0 radical (unpaired) electrons. The maximum absolute atomic E-state index is 5.37. The van der Waals surface area contributed by atoms with E-state index in [0.717, 1.165) is 31.4 Å². The molecular weight excluding hydrogens is 250 g/mol. The Balaban J connectivity index is 2.01. The van der Waals surface area contributed by atoms with E-state index in [1.165, 1.54) is 24.9 Å². The third-order valence-electron chi connectivity index (χ3n) is 4.04. The van der Waals surface area contributed by atoms with Crippen LogP contribution in [0.5, 0.6) is 5.88 Å². The summed E-state index contributed by atoms with van der Waals surface area (Å²) in [6.45, 7) is 8.90. The normalized spacial score (nSPS) is 19.6. The minimum Gasteiger partial charge on any atom is -0.481 e. The van der Waals surface area contributed by atoms with Gasteiger partial charge in [-0.15, -0.1) is 0 Å². The van der Waals surface area contributed by atoms with Gasteiger partial charge in [0.2, 0.25) is 5.88 Å². The average Bonchev–Trinajstić information content (AvgIpc) is 2.48. The van der Waals surface area contributed by atoms with Gasteiger partial charge in [-0.05, 0) is 51.8 Å². The summed E-state index contributed by atoms with van der Waals surface area (Å²) in [7, 11) is 1.69. The molecule has 4 nitrogen and oxygen atoms in total. The van der Waals surface area contributed by atoms with Crippen molar-refractivity contribution >= 4 is 0 Å². The lowest BCUT2D eigenvalue weighted by molar-refractivity contribution is 0.162. The summed E-state index contributed by atoms with van der Waals surface area (Å²) >= 11 is 0. The van der Waals surface area contributed by atoms with Crippen molar-refractivity contribution in [2.45, 2.75) is 39.3 Å². The van der Waals surface area contributed by atoms with Crippen LogP contribution in [0.25, 0.3) is 0 Å². The first-order valence-electron chi connectivity index (χ1n) is 7.63. The molecule has 1 saturated heterocycles. The van der Waals surface area contributed by atoms with E-state index in [0.29, 0.717) is 6.04 Å². The van der Waals surface area contributed by atoms with Gasteiger partial charge in [0.05, 0.1) is 7.11 Å². The molecule has 4 heteroatoms. The second-order valence-corrected chi connectivity index (χ2v) is 5.91. The largest absolute Gasteiger partial charge is 0.481 e. The molecule has 0 spiro atoms. The molecule has 112 valence electrons. The standard InChI is InChI=1S/C16H27N3O/c1-13(2)19(11-14-6-4-8-17-10-14)12-15-7-5-9-18-16(15)20-3/h5,7,9,13-14,17H,4,6,8,10-12H2,1-3H3. The van der Waals surface area contributed by atoms with Crippen LogP contribution in [-0.4, -0.2) is 42.7 Å². The lowest BCUT2D eigenvalue weighted by Crippen LogP contribution is -2.40. The molecule has 0 bridgehead atoms. The maximum atomic E-state index is 5.37. The number of piperidine rings is 1. The van der Waals surface area contributed by atoms with Gasteiger partial charge in [0.1, 0.15) is 0 Å². The Labute approximate surface area is 122 Å². The van der Waals surface area contributed by atoms with Crippen LogP contribution < -0.4 is 10.1 Å². The Hall–Kier alpha value is -1.13. The fourth-order valence-electron chi connectivity index (χ4n) is 2.82. The zero-order chi connectivity index (χ0) is 14.4. The fraction of sp³-hybridized carbons (Fsp3) is 0.688. The lowest BCUT2D eigenvalue weighted by atomic mass is 9.98. The molecule has 0 aliphatic carbocycles. The summed E-state index contributed by atoms with van der Waals surface area (Å²) in [4.78, 5) is 6.82. The number of hydrogen-bond donors (Lipinski definition) is 1. The molecule has 0 aromatic carbocycles. The summed E-state index contributed by atoms with van der Waals surface area (Å²) in [5, 5.41) is 3.50. The summed E-state index contributed by atoms with van der Waals surface area (Å²) in [6.07, 6.45) is 4.42. The van der Waals surface area contributed by atoms with Gasteiger partial charge in [-0.25, -0.2) is 4.98 Å². The lowest BCUT2D eigenvalue weighted by Gasteiger charge is -2.33. The van der Waals surface area contributed by atoms with Gasteiger partial charge >= 0.3 is 0 Å². The van der Waals surface area contributed by atoms with Crippen molar-refractivity contribution in [2.75, 3.05) is 26.7 Å². The fourth-order valence-corrected chi connectivity index (χ4v) is 2.82. The summed E-state index contributed by atoms with van der Waals surface area (Å²) < 4.78 is 5.37. The molecule has 1 aliphatic heterocycles. The van der Waals surface area contributed by atoms with Gasteiger partial charge in [0, 0.05) is 30.9 Å². The van der Waals surface area contributed by atoms with Crippen LogP contribution in [0.4, 0.5) is 0 Å². The molecule has 2 rings (SSSR count). The van der Waals surface area contributed by atoms with Crippen molar-refractivity contribution in [1.82, 2.24) is 15.2 Å². The first-order valence-corrected chi connectivity index (χ1v) is 7.63. The SMILES string of the molecule is COc1ncccc1CN(CC1CCCNC1)C(C)C. The number of rotatable bonds is 6. The van der Waals surface area contributed by atoms with E-state index < -0.39 is 0 Å². The highest BCUT2D eigenvalue weighted by Crippen LogP contribution is 2.20. The number of hydrogen-bond acceptors (Lipinski definition) is 4. The summed E-state index contributed by atoms with van der Waals surface area (Å²) in [6, 6.07) is 4.63. The van der Waals surface area contributed by atoms with E-state index in [1.54, 1.807) is 13.3 Å². The first-order chi connectivity index (χ1) is 9.70. The third kappa shape index (κ3) is 4.18. The number of ether oxygens (including phenoxy) is 1. The third-order valence-corrected chi connectivity index (χ3v) is 4.04. The van der Waals surface area contributed by atoms with Gasteiger partial charge in [-0.1, -0.05) is 6.07 Å². The Kier molecular flexibility index (Phi) is 5.80. The molecule has 1 fully saturated rings. The van der Waals surface area contributed by atoms with Crippen LogP contribution in [0.1, 0.15) is 32.3 Å². The molecular formula is C16H27N3O. The van der Waals surface area contributed by atoms with E-state index in [2.05, 4.69) is 35.1 Å². The van der Waals surface area contributed by atoms with E-state index in [1.807, 2.05) is 6.07 Å². The van der Waals surface area contributed by atoms with Gasteiger partial charge in [0.15, 0.2) is 0 Å². The second kappa shape index (κ2) is 7.60. The van der Waals surface area contributed by atoms with Crippen molar-refractivity contribution in [2.24, 2.45) is 5.92 Å². The number of aromatic nitrogens is 1. The zero-order valence-corrected chi connectivity index (χ0v) is 12.9. The second-order valence-electron chi connectivity index (χ2n) is 5.91. The topological polar surface area (TPSA) is 37.4 Å². The van der Waals surface area contributed by atoms with Gasteiger partial charge in [-0.3, -0.25) is 4.90 Å². The Morgan fingerprint density at radius 1 is 1.50 bits per heavy atom. The number of methoxy groups -OCH3 is 1. The molecule has 0 amide bonds. The summed E-state index contributed by atoms with van der Waals surface area (Å²) in [5.41, 5.74) is 1.17. The highest BCUT2D eigenvalue weighted by atomic mass is 16.5. The van der Waals surface area contributed by atoms with Crippen LogP contribution in [0.15, 0.2) is 18.3 Å². The predicted molar refractivity (Wildman–Crippen MR) is 81.9 cm³/mol. The van der Waals surface area contributed by atoms with E-state index in [9.17, 15) is 0 Å². The van der Waals surface area contributed by atoms with Gasteiger partial charge in [0.25, 0.3) is 0 Å². The minimum atomic E-state index is 0.529. The van der Waals surface area contributed by atoms with Crippen molar-refractivity contribution in [1.29, 1.82) is 0 Å². The number of nitrogens with one attached hydrogen (secondary N) is 1. The van der Waals surface area contributed by atoms with Crippen LogP contribution >= 0.6 is 0 Å². The minimum absolute atomic E-state index is 0.529. The van der Waals surface area contributed by atoms with E-state index in [-0.39, 0.29) is 0 Å². The molecule has 0 saturated carbocycles. The zero-order valence-electron chi connectivity index (χ0n) is 12.9. The highest BCUT2D eigenvalue weighted by molar-refractivity contribution is 5.25. The quantitative estimate of drug-likeness (QED) is 0.866. The molecule has 20 heavy (non-hydrogen) atoms. The Morgan fingerprint density at radius 2 is 2.35 bits per heavy atom.